The maximum absolute atomic E-state index is 12.1. The highest BCUT2D eigenvalue weighted by molar-refractivity contribution is 6.07. The third-order valence-electron chi connectivity index (χ3n) is 5.31. The summed E-state index contributed by atoms with van der Waals surface area (Å²) in [5.41, 5.74) is 12.5. The number of carbonyl (C=O) groups is 2. The topological polar surface area (TPSA) is 130 Å². The van der Waals surface area contributed by atoms with Gasteiger partial charge in [-0.05, 0) is 31.2 Å². The number of anilines is 1. The van der Waals surface area contributed by atoms with Crippen LogP contribution in [-0.4, -0.2) is 50.9 Å². The monoisotopic (exact) mass is 402 g/mol. The zero-order chi connectivity index (χ0) is 21.0. The number of pyridine rings is 1. The Kier molecular flexibility index (Phi) is 6.26. The summed E-state index contributed by atoms with van der Waals surface area (Å²) in [6, 6.07) is 3.62. The van der Waals surface area contributed by atoms with Crippen LogP contribution in [0.25, 0.3) is 10.9 Å². The summed E-state index contributed by atoms with van der Waals surface area (Å²) in [5, 5.41) is 0.787. The molecular weight excluding hydrogens is 376 g/mol. The van der Waals surface area contributed by atoms with Crippen molar-refractivity contribution >= 4 is 28.6 Å². The van der Waals surface area contributed by atoms with Gasteiger partial charge in [-0.1, -0.05) is 0 Å². The third kappa shape index (κ3) is 4.44. The smallest absolute Gasteiger partial charge is 0.404 e. The first-order chi connectivity index (χ1) is 13.9. The largest absolute Gasteiger partial charge is 0.493 e. The van der Waals surface area contributed by atoms with E-state index < -0.39 is 12.0 Å². The van der Waals surface area contributed by atoms with Crippen molar-refractivity contribution in [3.8, 4) is 11.5 Å². The van der Waals surface area contributed by atoms with Crippen LogP contribution in [0.15, 0.2) is 18.3 Å². The second-order valence-electron chi connectivity index (χ2n) is 7.00. The molecule has 29 heavy (non-hydrogen) atoms. The van der Waals surface area contributed by atoms with Crippen molar-refractivity contribution in [2.24, 2.45) is 17.4 Å². The molecule has 0 bridgehead atoms. The molecule has 0 spiro atoms. The van der Waals surface area contributed by atoms with Crippen molar-refractivity contribution in [1.82, 2.24) is 4.98 Å². The highest BCUT2D eigenvalue weighted by atomic mass is 16.5. The second kappa shape index (κ2) is 8.85. The average Bonchev–Trinajstić information content (AvgIpc) is 2.72. The van der Waals surface area contributed by atoms with Crippen LogP contribution in [0.4, 0.5) is 10.5 Å². The zero-order valence-electron chi connectivity index (χ0n) is 16.6. The predicted molar refractivity (Wildman–Crippen MR) is 108 cm³/mol. The van der Waals surface area contributed by atoms with Gasteiger partial charge in [-0.15, -0.1) is 0 Å². The van der Waals surface area contributed by atoms with Gasteiger partial charge in [-0.25, -0.2) is 4.79 Å². The van der Waals surface area contributed by atoms with Gasteiger partial charge in [0, 0.05) is 30.7 Å². The van der Waals surface area contributed by atoms with Crippen molar-refractivity contribution in [1.29, 1.82) is 0 Å². The minimum Gasteiger partial charge on any atom is -0.493 e. The van der Waals surface area contributed by atoms with Crippen LogP contribution in [-0.2, 0) is 4.74 Å². The normalized spacial score (nSPS) is 14.6. The molecule has 2 aromatic rings. The Balaban J connectivity index is 1.90. The Bertz CT molecular complexity index is 909. The highest BCUT2D eigenvalue weighted by Crippen LogP contribution is 2.38. The van der Waals surface area contributed by atoms with Crippen LogP contribution < -0.4 is 25.8 Å². The van der Waals surface area contributed by atoms with E-state index >= 15 is 0 Å². The fourth-order valence-electron chi connectivity index (χ4n) is 3.80. The number of hydrogen-bond acceptors (Lipinski definition) is 7. The first kappa shape index (κ1) is 20.5. The van der Waals surface area contributed by atoms with Crippen molar-refractivity contribution in [3.05, 3.63) is 23.9 Å². The number of rotatable bonds is 7. The predicted octanol–water partition coefficient (Wildman–Crippen LogP) is 2.05. The van der Waals surface area contributed by atoms with Crippen LogP contribution in [0.2, 0.25) is 0 Å². The van der Waals surface area contributed by atoms with Gasteiger partial charge in [-0.3, -0.25) is 9.78 Å². The van der Waals surface area contributed by atoms with Crippen molar-refractivity contribution in [3.63, 3.8) is 0 Å². The molecule has 0 unspecified atom stereocenters. The second-order valence-corrected chi connectivity index (χ2v) is 7.00. The minimum atomic E-state index is -0.749. The number of aromatic nitrogens is 1. The van der Waals surface area contributed by atoms with E-state index in [-0.39, 0.29) is 0 Å². The van der Waals surface area contributed by atoms with Crippen LogP contribution in [0.5, 0.6) is 11.5 Å². The Morgan fingerprint density at radius 2 is 1.79 bits per heavy atom. The quantitative estimate of drug-likeness (QED) is 0.725. The minimum absolute atomic E-state index is 0.321. The third-order valence-corrected chi connectivity index (χ3v) is 5.31. The summed E-state index contributed by atoms with van der Waals surface area (Å²) in [7, 11) is 3.13. The molecule has 0 radical (unpaired) electrons. The fraction of sp³-hybridized carbons (Fsp3) is 0.450. The van der Waals surface area contributed by atoms with Gasteiger partial charge in [0.15, 0.2) is 11.5 Å². The van der Waals surface area contributed by atoms with Crippen molar-refractivity contribution in [2.75, 3.05) is 38.8 Å². The first-order valence-electron chi connectivity index (χ1n) is 9.46. The lowest BCUT2D eigenvalue weighted by Crippen LogP contribution is -2.35. The van der Waals surface area contributed by atoms with E-state index in [4.69, 9.17) is 25.7 Å². The van der Waals surface area contributed by atoms with Crippen LogP contribution in [0, 0.1) is 5.92 Å². The Morgan fingerprint density at radius 1 is 1.14 bits per heavy atom. The molecule has 1 aliphatic heterocycles. The van der Waals surface area contributed by atoms with Gasteiger partial charge >= 0.3 is 6.09 Å². The molecule has 2 heterocycles. The van der Waals surface area contributed by atoms with Gasteiger partial charge < -0.3 is 30.6 Å². The van der Waals surface area contributed by atoms with E-state index in [0.29, 0.717) is 35.1 Å². The van der Waals surface area contributed by atoms with Crippen molar-refractivity contribution < 1.29 is 23.8 Å². The molecule has 1 aliphatic rings. The number of nitrogens with zero attached hydrogens (tertiary/aromatic N) is 2. The molecule has 4 N–H and O–H groups in total. The number of primary amides is 2. The van der Waals surface area contributed by atoms with Gasteiger partial charge in [-0.2, -0.15) is 0 Å². The molecule has 0 saturated carbocycles. The summed E-state index contributed by atoms with van der Waals surface area (Å²) in [6.07, 6.45) is 3.33. The lowest BCUT2D eigenvalue weighted by atomic mass is 9.93. The molecule has 156 valence electrons. The number of piperidine rings is 1. The van der Waals surface area contributed by atoms with E-state index in [1.165, 1.54) is 6.20 Å². The molecule has 1 aromatic heterocycles. The van der Waals surface area contributed by atoms with E-state index in [1.807, 2.05) is 6.07 Å². The zero-order valence-corrected chi connectivity index (χ0v) is 16.6. The number of fused-ring (bicyclic) bond motifs is 1. The highest BCUT2D eigenvalue weighted by Gasteiger charge is 2.25. The number of benzene rings is 1. The van der Waals surface area contributed by atoms with E-state index in [0.717, 1.165) is 43.4 Å². The first-order valence-corrected chi connectivity index (χ1v) is 9.46. The summed E-state index contributed by atoms with van der Waals surface area (Å²) in [6.45, 7) is 1.81. The number of ether oxygens (including phenoxy) is 3. The summed E-state index contributed by atoms with van der Waals surface area (Å²) < 4.78 is 15.6. The standard InChI is InChI=1S/C20H26N4O5/c1-27-16-9-13-15(10-17(16)28-2)23-11-14(19(21)25)18(13)24-6-3-12(4-7-24)5-8-29-20(22)26/h9-12H,3-8H2,1-2H3,(H2,21,25)(H2,22,26). The molecule has 0 atom stereocenters. The molecule has 1 aromatic carbocycles. The molecule has 9 nitrogen and oxygen atoms in total. The SMILES string of the molecule is COc1cc2ncc(C(N)=O)c(N3CCC(CCOC(N)=O)CC3)c2cc1OC. The van der Waals surface area contributed by atoms with Crippen LogP contribution in [0.3, 0.4) is 0 Å². The fourth-order valence-corrected chi connectivity index (χ4v) is 3.80. The Labute approximate surface area is 168 Å². The van der Waals surface area contributed by atoms with Gasteiger partial charge in [0.25, 0.3) is 5.91 Å². The van der Waals surface area contributed by atoms with Crippen LogP contribution >= 0.6 is 0 Å². The molecule has 2 amide bonds. The lowest BCUT2D eigenvalue weighted by Gasteiger charge is -2.35. The van der Waals surface area contributed by atoms with Crippen molar-refractivity contribution in [2.45, 2.75) is 19.3 Å². The maximum atomic E-state index is 12.1. The van der Waals surface area contributed by atoms with E-state index in [1.54, 1.807) is 20.3 Å². The summed E-state index contributed by atoms with van der Waals surface area (Å²) >= 11 is 0. The molecule has 0 aliphatic carbocycles. The number of methoxy groups -OCH3 is 2. The molecular formula is C20H26N4O5. The van der Waals surface area contributed by atoms with Gasteiger partial charge in [0.05, 0.1) is 37.6 Å². The number of amides is 2. The van der Waals surface area contributed by atoms with Gasteiger partial charge in [0.2, 0.25) is 0 Å². The summed E-state index contributed by atoms with van der Waals surface area (Å²) in [4.78, 5) is 29.4. The molecule has 1 saturated heterocycles. The number of carbonyl (C=O) groups excluding carboxylic acids is 2. The Hall–Kier alpha value is -3.23. The number of hydrogen-bond donors (Lipinski definition) is 2. The molecule has 3 rings (SSSR count). The molecule has 9 heteroatoms. The number of nitrogens with two attached hydrogens (primary N) is 2. The van der Waals surface area contributed by atoms with E-state index in [9.17, 15) is 9.59 Å². The maximum Gasteiger partial charge on any atom is 0.404 e. The van der Waals surface area contributed by atoms with E-state index in [2.05, 4.69) is 9.88 Å². The van der Waals surface area contributed by atoms with Gasteiger partial charge in [0.1, 0.15) is 0 Å². The Morgan fingerprint density at radius 3 is 2.38 bits per heavy atom. The average molecular weight is 402 g/mol. The lowest BCUT2D eigenvalue weighted by molar-refractivity contribution is 0.100. The van der Waals surface area contributed by atoms with Crippen LogP contribution in [0.1, 0.15) is 29.6 Å². The summed E-state index contributed by atoms with van der Waals surface area (Å²) in [5.74, 6) is 1.02. The molecule has 1 fully saturated rings.